The van der Waals surface area contributed by atoms with Gasteiger partial charge in [0.05, 0.1) is 5.69 Å². The van der Waals surface area contributed by atoms with Gasteiger partial charge in [-0.3, -0.25) is 9.59 Å². The molecule has 1 heterocycles. The lowest BCUT2D eigenvalue weighted by atomic mass is 9.95. The van der Waals surface area contributed by atoms with Crippen LogP contribution in [0.5, 0.6) is 0 Å². The first kappa shape index (κ1) is 18.9. The van der Waals surface area contributed by atoms with Gasteiger partial charge in [0.25, 0.3) is 11.8 Å². The van der Waals surface area contributed by atoms with Crippen LogP contribution in [0.25, 0.3) is 5.69 Å². The largest absolute Gasteiger partial charge is 0.355 e. The van der Waals surface area contributed by atoms with Gasteiger partial charge in [0.1, 0.15) is 5.82 Å². The van der Waals surface area contributed by atoms with Crippen LogP contribution in [-0.4, -0.2) is 28.6 Å². The molecule has 0 radical (unpaired) electrons. The van der Waals surface area contributed by atoms with Crippen LogP contribution in [0.3, 0.4) is 0 Å². The molecule has 0 fully saturated rings. The highest BCUT2D eigenvalue weighted by Gasteiger charge is 2.25. The van der Waals surface area contributed by atoms with Gasteiger partial charge in [0, 0.05) is 29.6 Å². The number of benzene rings is 2. The van der Waals surface area contributed by atoms with Crippen LogP contribution in [0.2, 0.25) is 0 Å². The molecule has 6 nitrogen and oxygen atoms in total. The van der Waals surface area contributed by atoms with Crippen LogP contribution in [-0.2, 0) is 12.8 Å². The van der Waals surface area contributed by atoms with E-state index in [2.05, 4.69) is 15.7 Å². The Labute approximate surface area is 167 Å². The number of carbonyl (C=O) groups is 2. The summed E-state index contributed by atoms with van der Waals surface area (Å²) in [6.45, 7) is 0. The Bertz CT molecular complexity index is 1060. The number of hydrogen-bond donors (Lipinski definition) is 2. The summed E-state index contributed by atoms with van der Waals surface area (Å²) in [6.07, 6.45) is 3.65. The third-order valence-corrected chi connectivity index (χ3v) is 5.10. The second kappa shape index (κ2) is 7.87. The van der Waals surface area contributed by atoms with E-state index in [-0.39, 0.29) is 17.6 Å². The summed E-state index contributed by atoms with van der Waals surface area (Å²) < 4.78 is 15.0. The summed E-state index contributed by atoms with van der Waals surface area (Å²) in [5.74, 6) is -0.792. The van der Waals surface area contributed by atoms with Crippen LogP contribution in [0.15, 0.2) is 48.5 Å². The fraction of sp³-hybridized carbons (Fsp3) is 0.227. The molecule has 3 aromatic rings. The monoisotopic (exact) mass is 392 g/mol. The van der Waals surface area contributed by atoms with Crippen LogP contribution < -0.4 is 10.6 Å². The Kier molecular flexibility index (Phi) is 5.12. The lowest BCUT2D eigenvalue weighted by Gasteiger charge is -2.14. The average Bonchev–Trinajstić information content (AvgIpc) is 3.14. The molecule has 148 valence electrons. The first-order chi connectivity index (χ1) is 14.1. The van der Waals surface area contributed by atoms with Crippen molar-refractivity contribution >= 4 is 17.5 Å². The third kappa shape index (κ3) is 3.76. The quantitative estimate of drug-likeness (QED) is 0.714. The van der Waals surface area contributed by atoms with Gasteiger partial charge in [-0.15, -0.1) is 0 Å². The minimum absolute atomic E-state index is 0.185. The van der Waals surface area contributed by atoms with Crippen molar-refractivity contribution in [2.24, 2.45) is 0 Å². The van der Waals surface area contributed by atoms with Crippen molar-refractivity contribution in [3.8, 4) is 5.69 Å². The van der Waals surface area contributed by atoms with Crippen molar-refractivity contribution in [1.82, 2.24) is 15.1 Å². The molecule has 0 saturated heterocycles. The zero-order chi connectivity index (χ0) is 20.4. The minimum Gasteiger partial charge on any atom is -0.355 e. The second-order valence-electron chi connectivity index (χ2n) is 6.98. The maximum absolute atomic E-state index is 13.3. The predicted molar refractivity (Wildman–Crippen MR) is 108 cm³/mol. The summed E-state index contributed by atoms with van der Waals surface area (Å²) in [5, 5.41) is 9.99. The summed E-state index contributed by atoms with van der Waals surface area (Å²) in [5.41, 5.74) is 4.17. The number of rotatable bonds is 4. The summed E-state index contributed by atoms with van der Waals surface area (Å²) >= 11 is 0. The van der Waals surface area contributed by atoms with Crippen molar-refractivity contribution in [1.29, 1.82) is 0 Å². The molecule has 1 aliphatic rings. The van der Waals surface area contributed by atoms with Gasteiger partial charge >= 0.3 is 0 Å². The molecule has 0 spiro atoms. The zero-order valence-electron chi connectivity index (χ0n) is 16.0. The predicted octanol–water partition coefficient (Wildman–Crippen LogP) is 3.50. The average molecular weight is 392 g/mol. The van der Waals surface area contributed by atoms with Crippen molar-refractivity contribution < 1.29 is 14.0 Å². The van der Waals surface area contributed by atoms with Gasteiger partial charge in [0.2, 0.25) is 0 Å². The van der Waals surface area contributed by atoms with Gasteiger partial charge in [-0.2, -0.15) is 5.10 Å². The fourth-order valence-electron chi connectivity index (χ4n) is 3.62. The highest BCUT2D eigenvalue weighted by atomic mass is 19.1. The molecule has 0 unspecified atom stereocenters. The Morgan fingerprint density at radius 1 is 0.966 bits per heavy atom. The number of aromatic nitrogens is 2. The Balaban J connectivity index is 1.63. The molecular formula is C22H21FN4O2. The summed E-state index contributed by atoms with van der Waals surface area (Å²) in [4.78, 5) is 24.6. The van der Waals surface area contributed by atoms with Gasteiger partial charge < -0.3 is 10.6 Å². The van der Waals surface area contributed by atoms with Crippen LogP contribution in [0, 0.1) is 5.82 Å². The van der Waals surface area contributed by atoms with E-state index in [0.717, 1.165) is 42.6 Å². The normalized spacial score (nSPS) is 12.9. The third-order valence-electron chi connectivity index (χ3n) is 5.10. The number of nitrogens with zero attached hydrogens (tertiary/aromatic N) is 2. The molecule has 2 aromatic carbocycles. The Morgan fingerprint density at radius 2 is 1.66 bits per heavy atom. The van der Waals surface area contributed by atoms with E-state index in [1.165, 1.54) is 12.1 Å². The summed E-state index contributed by atoms with van der Waals surface area (Å²) in [6, 6.07) is 12.8. The first-order valence-corrected chi connectivity index (χ1v) is 9.57. The zero-order valence-corrected chi connectivity index (χ0v) is 16.0. The summed E-state index contributed by atoms with van der Waals surface area (Å²) in [7, 11) is 1.57. The van der Waals surface area contributed by atoms with Crippen LogP contribution in [0.4, 0.5) is 10.1 Å². The lowest BCUT2D eigenvalue weighted by molar-refractivity contribution is 0.0962. The topological polar surface area (TPSA) is 76.0 Å². The van der Waals surface area contributed by atoms with E-state index in [0.29, 0.717) is 16.9 Å². The molecule has 29 heavy (non-hydrogen) atoms. The molecule has 0 saturated carbocycles. The molecule has 2 N–H and O–H groups in total. The van der Waals surface area contributed by atoms with E-state index >= 15 is 0 Å². The molecule has 1 aromatic heterocycles. The van der Waals surface area contributed by atoms with E-state index in [1.807, 2.05) is 0 Å². The van der Waals surface area contributed by atoms with E-state index in [1.54, 1.807) is 48.1 Å². The van der Waals surface area contributed by atoms with Crippen LogP contribution >= 0.6 is 0 Å². The highest BCUT2D eigenvalue weighted by molar-refractivity contribution is 6.04. The van der Waals surface area contributed by atoms with Crippen molar-refractivity contribution in [3.05, 3.63) is 76.9 Å². The van der Waals surface area contributed by atoms with Gasteiger partial charge in [0.15, 0.2) is 5.69 Å². The standard InChI is InChI=1S/C22H21FN4O2/c1-24-21(28)14-6-10-16(11-7-14)25-22(29)20-18-4-2-3-5-19(18)27(26-20)17-12-8-15(23)9-13-17/h6-13H,2-5H2,1H3,(H,24,28)(H,25,29). The number of nitrogens with one attached hydrogen (secondary N) is 2. The van der Waals surface area contributed by atoms with E-state index < -0.39 is 0 Å². The molecule has 0 atom stereocenters. The van der Waals surface area contributed by atoms with Gasteiger partial charge in [-0.1, -0.05) is 0 Å². The molecule has 2 amide bonds. The van der Waals surface area contributed by atoms with Crippen molar-refractivity contribution in [2.45, 2.75) is 25.7 Å². The fourth-order valence-corrected chi connectivity index (χ4v) is 3.62. The maximum atomic E-state index is 13.3. The SMILES string of the molecule is CNC(=O)c1ccc(NC(=O)c2nn(-c3ccc(F)cc3)c3c2CCCC3)cc1. The molecule has 1 aliphatic carbocycles. The first-order valence-electron chi connectivity index (χ1n) is 9.57. The van der Waals surface area contributed by atoms with Crippen molar-refractivity contribution in [2.75, 3.05) is 12.4 Å². The van der Waals surface area contributed by atoms with E-state index in [9.17, 15) is 14.0 Å². The van der Waals surface area contributed by atoms with E-state index in [4.69, 9.17) is 0 Å². The van der Waals surface area contributed by atoms with Gasteiger partial charge in [-0.05, 0) is 74.2 Å². The molecule has 0 aliphatic heterocycles. The number of fused-ring (bicyclic) bond motifs is 1. The number of halogens is 1. The molecule has 0 bridgehead atoms. The highest BCUT2D eigenvalue weighted by Crippen LogP contribution is 2.27. The molecular weight excluding hydrogens is 371 g/mol. The number of hydrogen-bond acceptors (Lipinski definition) is 3. The number of amides is 2. The molecule has 7 heteroatoms. The van der Waals surface area contributed by atoms with Crippen LogP contribution in [0.1, 0.15) is 44.9 Å². The van der Waals surface area contributed by atoms with Gasteiger partial charge in [-0.25, -0.2) is 9.07 Å². The smallest absolute Gasteiger partial charge is 0.276 e. The second-order valence-corrected chi connectivity index (χ2v) is 6.98. The maximum Gasteiger partial charge on any atom is 0.276 e. The Hall–Kier alpha value is -3.48. The minimum atomic E-state index is -0.312. The lowest BCUT2D eigenvalue weighted by Crippen LogP contribution is -2.18. The number of anilines is 1. The van der Waals surface area contributed by atoms with Crippen molar-refractivity contribution in [3.63, 3.8) is 0 Å². The molecule has 4 rings (SSSR count). The number of carbonyl (C=O) groups excluding carboxylic acids is 2. The Morgan fingerprint density at radius 3 is 2.34 bits per heavy atom.